The zero-order valence-electron chi connectivity index (χ0n) is 8.64. The van der Waals surface area contributed by atoms with Crippen molar-refractivity contribution in [3.05, 3.63) is 53.0 Å². The minimum atomic E-state index is 0.219. The number of hydrogen-bond donors (Lipinski definition) is 0. The molecule has 0 atom stereocenters. The number of fused-ring (bicyclic) bond motifs is 1. The van der Waals surface area contributed by atoms with E-state index in [-0.39, 0.29) is 5.28 Å². The molecule has 0 aliphatic heterocycles. The Balaban J connectivity index is 2.31. The molecule has 0 aliphatic rings. The summed E-state index contributed by atoms with van der Waals surface area (Å²) in [6.45, 7) is 0. The molecule has 0 aliphatic carbocycles. The number of hydrogen-bond acceptors (Lipinski definition) is 2. The van der Waals surface area contributed by atoms with E-state index >= 15 is 0 Å². The van der Waals surface area contributed by atoms with E-state index in [4.69, 9.17) is 23.2 Å². The van der Waals surface area contributed by atoms with Crippen molar-refractivity contribution in [2.45, 2.75) is 0 Å². The molecular weight excluding hydrogens is 257 g/mol. The summed E-state index contributed by atoms with van der Waals surface area (Å²) in [5, 5.41) is 1.90. The van der Waals surface area contributed by atoms with Gasteiger partial charge in [0.2, 0.25) is 5.28 Å². The summed E-state index contributed by atoms with van der Waals surface area (Å²) in [6.07, 6.45) is 3.44. The zero-order chi connectivity index (χ0) is 11.8. The molecule has 0 unspecified atom stereocenters. The minimum Gasteiger partial charge on any atom is -0.300 e. The van der Waals surface area contributed by atoms with Crippen molar-refractivity contribution in [1.29, 1.82) is 0 Å². The summed E-state index contributed by atoms with van der Waals surface area (Å²) in [4.78, 5) is 8.03. The van der Waals surface area contributed by atoms with Crippen LogP contribution in [0.25, 0.3) is 16.7 Å². The second kappa shape index (κ2) is 4.02. The Morgan fingerprint density at radius 3 is 2.71 bits per heavy atom. The number of halogens is 2. The van der Waals surface area contributed by atoms with Gasteiger partial charge in [0.15, 0.2) is 0 Å². The lowest BCUT2D eigenvalue weighted by Crippen LogP contribution is -1.96. The van der Waals surface area contributed by atoms with Gasteiger partial charge < -0.3 is 0 Å². The van der Waals surface area contributed by atoms with Crippen LogP contribution in [0.15, 0.2) is 42.7 Å². The molecule has 3 rings (SSSR count). The largest absolute Gasteiger partial charge is 0.300 e. The van der Waals surface area contributed by atoms with Gasteiger partial charge in [-0.3, -0.25) is 4.57 Å². The first-order valence-electron chi connectivity index (χ1n) is 5.00. The number of para-hydroxylation sites is 1. The van der Waals surface area contributed by atoms with E-state index in [0.717, 1.165) is 10.9 Å². The molecule has 3 aromatic rings. The Labute approximate surface area is 108 Å². The smallest absolute Gasteiger partial charge is 0.224 e. The van der Waals surface area contributed by atoms with E-state index < -0.39 is 0 Å². The van der Waals surface area contributed by atoms with Crippen molar-refractivity contribution in [1.82, 2.24) is 14.5 Å². The van der Waals surface area contributed by atoms with E-state index in [1.165, 1.54) is 0 Å². The predicted molar refractivity (Wildman–Crippen MR) is 68.9 cm³/mol. The van der Waals surface area contributed by atoms with Gasteiger partial charge in [-0.15, -0.1) is 0 Å². The Kier molecular flexibility index (Phi) is 2.50. The van der Waals surface area contributed by atoms with Crippen LogP contribution in [0.4, 0.5) is 0 Å². The van der Waals surface area contributed by atoms with Gasteiger partial charge in [0, 0.05) is 17.8 Å². The molecule has 0 fully saturated rings. The second-order valence-electron chi connectivity index (χ2n) is 3.55. The highest BCUT2D eigenvalue weighted by atomic mass is 35.5. The fraction of sp³-hybridized carbons (Fsp3) is 0. The van der Waals surface area contributed by atoms with E-state index in [1.54, 1.807) is 12.3 Å². The molecule has 5 heteroatoms. The molecule has 3 nitrogen and oxygen atoms in total. The lowest BCUT2D eigenvalue weighted by Gasteiger charge is -2.03. The second-order valence-corrected chi connectivity index (χ2v) is 4.29. The van der Waals surface area contributed by atoms with Crippen LogP contribution in [-0.2, 0) is 0 Å². The minimum absolute atomic E-state index is 0.219. The van der Waals surface area contributed by atoms with Gasteiger partial charge in [-0.05, 0) is 23.7 Å². The molecular formula is C12H7Cl2N3. The lowest BCUT2D eigenvalue weighted by molar-refractivity contribution is 1.01. The van der Waals surface area contributed by atoms with Crippen LogP contribution in [0, 0.1) is 0 Å². The molecule has 2 aromatic heterocycles. The third kappa shape index (κ3) is 1.77. The fourth-order valence-electron chi connectivity index (χ4n) is 1.79. The fourth-order valence-corrected chi connectivity index (χ4v) is 2.19. The first kappa shape index (κ1) is 10.6. The van der Waals surface area contributed by atoms with Crippen molar-refractivity contribution in [3.8, 4) is 5.82 Å². The highest BCUT2D eigenvalue weighted by Crippen LogP contribution is 2.27. The third-order valence-corrected chi connectivity index (χ3v) is 3.00. The Morgan fingerprint density at radius 2 is 1.88 bits per heavy atom. The van der Waals surface area contributed by atoms with Crippen LogP contribution in [0.5, 0.6) is 0 Å². The van der Waals surface area contributed by atoms with Crippen LogP contribution < -0.4 is 0 Å². The summed E-state index contributed by atoms with van der Waals surface area (Å²) in [7, 11) is 0. The highest BCUT2D eigenvalue weighted by Gasteiger charge is 2.08. The van der Waals surface area contributed by atoms with Crippen molar-refractivity contribution < 1.29 is 0 Å². The first-order valence-corrected chi connectivity index (χ1v) is 5.76. The number of aromatic nitrogens is 3. The van der Waals surface area contributed by atoms with Crippen molar-refractivity contribution in [3.63, 3.8) is 0 Å². The van der Waals surface area contributed by atoms with Gasteiger partial charge in [0.1, 0.15) is 5.82 Å². The van der Waals surface area contributed by atoms with Crippen LogP contribution in [0.1, 0.15) is 0 Å². The molecule has 0 N–H and O–H groups in total. The molecule has 0 radical (unpaired) electrons. The molecule has 0 saturated heterocycles. The molecule has 17 heavy (non-hydrogen) atoms. The third-order valence-electron chi connectivity index (χ3n) is 2.52. The van der Waals surface area contributed by atoms with Crippen LogP contribution in [0.2, 0.25) is 10.3 Å². The quantitative estimate of drug-likeness (QED) is 0.627. The normalized spacial score (nSPS) is 10.9. The molecule has 0 amide bonds. The zero-order valence-corrected chi connectivity index (χ0v) is 10.2. The van der Waals surface area contributed by atoms with E-state index in [2.05, 4.69) is 9.97 Å². The van der Waals surface area contributed by atoms with Crippen molar-refractivity contribution in [2.75, 3.05) is 0 Å². The summed E-state index contributed by atoms with van der Waals surface area (Å²) < 4.78 is 1.89. The average Bonchev–Trinajstić information content (AvgIpc) is 2.68. The van der Waals surface area contributed by atoms with E-state index in [9.17, 15) is 0 Å². The van der Waals surface area contributed by atoms with Gasteiger partial charge in [-0.1, -0.05) is 29.8 Å². The number of benzene rings is 1. The van der Waals surface area contributed by atoms with Gasteiger partial charge in [-0.25, -0.2) is 4.98 Å². The maximum absolute atomic E-state index is 6.17. The van der Waals surface area contributed by atoms with E-state index in [0.29, 0.717) is 10.8 Å². The Morgan fingerprint density at radius 1 is 1.06 bits per heavy atom. The van der Waals surface area contributed by atoms with Crippen LogP contribution >= 0.6 is 23.2 Å². The Hall–Kier alpha value is -1.58. The average molecular weight is 264 g/mol. The summed E-state index contributed by atoms with van der Waals surface area (Å²) in [5.41, 5.74) is 0.993. The van der Waals surface area contributed by atoms with Gasteiger partial charge in [-0.2, -0.15) is 4.98 Å². The SMILES string of the molecule is Clc1nccc(-n2cc(Cl)c3ccccc32)n1. The van der Waals surface area contributed by atoms with Gasteiger partial charge in [0.25, 0.3) is 0 Å². The predicted octanol–water partition coefficient (Wildman–Crippen LogP) is 3.73. The van der Waals surface area contributed by atoms with Gasteiger partial charge in [0.05, 0.1) is 10.5 Å². The summed E-state index contributed by atoms with van der Waals surface area (Å²) in [5.74, 6) is 0.702. The topological polar surface area (TPSA) is 30.7 Å². The first-order chi connectivity index (χ1) is 8.25. The highest BCUT2D eigenvalue weighted by molar-refractivity contribution is 6.35. The molecule has 1 aromatic carbocycles. The maximum Gasteiger partial charge on any atom is 0.224 e. The Bertz CT molecular complexity index is 691. The summed E-state index contributed by atoms with van der Waals surface area (Å²) >= 11 is 12.0. The van der Waals surface area contributed by atoms with E-state index in [1.807, 2.05) is 35.0 Å². The summed E-state index contributed by atoms with van der Waals surface area (Å²) in [6, 6.07) is 9.65. The maximum atomic E-state index is 6.17. The number of rotatable bonds is 1. The molecule has 0 bridgehead atoms. The van der Waals surface area contributed by atoms with Crippen LogP contribution in [-0.4, -0.2) is 14.5 Å². The monoisotopic (exact) mass is 263 g/mol. The van der Waals surface area contributed by atoms with Gasteiger partial charge >= 0.3 is 0 Å². The molecule has 0 saturated carbocycles. The molecule has 2 heterocycles. The van der Waals surface area contributed by atoms with Crippen molar-refractivity contribution in [2.24, 2.45) is 0 Å². The lowest BCUT2D eigenvalue weighted by atomic mass is 10.2. The van der Waals surface area contributed by atoms with Crippen LogP contribution in [0.3, 0.4) is 0 Å². The standard InChI is InChI=1S/C12H7Cl2N3/c13-9-7-17(10-4-2-1-3-8(9)10)11-5-6-15-12(14)16-11/h1-7H. The van der Waals surface area contributed by atoms with Crippen molar-refractivity contribution >= 4 is 34.1 Å². The molecule has 0 spiro atoms. The molecule has 84 valence electrons. The number of nitrogens with zero attached hydrogens (tertiary/aromatic N) is 3.